The number of nitro benzene ring substituents is 1. The van der Waals surface area contributed by atoms with E-state index in [4.69, 9.17) is 20.9 Å². The van der Waals surface area contributed by atoms with Crippen LogP contribution >= 0.6 is 11.6 Å². The van der Waals surface area contributed by atoms with Crippen molar-refractivity contribution in [1.29, 1.82) is 0 Å². The summed E-state index contributed by atoms with van der Waals surface area (Å²) >= 11 is 6.06. The third kappa shape index (κ3) is 3.29. The van der Waals surface area contributed by atoms with Crippen LogP contribution < -0.4 is 4.74 Å². The zero-order valence-electron chi connectivity index (χ0n) is 11.7. The Kier molecular flexibility index (Phi) is 4.20. The number of rotatable bonds is 5. The lowest BCUT2D eigenvalue weighted by molar-refractivity contribution is -0.385. The van der Waals surface area contributed by atoms with E-state index in [1.54, 1.807) is 42.5 Å². The van der Waals surface area contributed by atoms with Gasteiger partial charge in [-0.3, -0.25) is 14.6 Å². The van der Waals surface area contributed by atoms with Gasteiger partial charge in [0, 0.05) is 11.6 Å². The van der Waals surface area contributed by atoms with E-state index >= 15 is 0 Å². The number of nitro groups is 1. The summed E-state index contributed by atoms with van der Waals surface area (Å²) in [6, 6.07) is 13.3. The second-order valence-electron chi connectivity index (χ2n) is 4.54. The molecule has 116 valence electrons. The molecule has 0 aliphatic carbocycles. The highest BCUT2D eigenvalue weighted by Crippen LogP contribution is 2.27. The van der Waals surface area contributed by atoms with Crippen LogP contribution in [0.5, 0.6) is 6.08 Å². The molecule has 0 aliphatic rings. The largest absolute Gasteiger partial charge is 0.444 e. The Morgan fingerprint density at radius 2 is 1.91 bits per heavy atom. The van der Waals surface area contributed by atoms with E-state index < -0.39 is 4.92 Å². The van der Waals surface area contributed by atoms with Gasteiger partial charge < -0.3 is 4.74 Å². The van der Waals surface area contributed by atoms with Crippen LogP contribution in [0.2, 0.25) is 5.02 Å². The van der Waals surface area contributed by atoms with Gasteiger partial charge in [-0.1, -0.05) is 41.0 Å². The average Bonchev–Trinajstić information content (AvgIpc) is 3.02. The summed E-state index contributed by atoms with van der Waals surface area (Å²) in [7, 11) is 0. The molecule has 0 saturated heterocycles. The highest BCUT2D eigenvalue weighted by molar-refractivity contribution is 6.33. The summed E-state index contributed by atoms with van der Waals surface area (Å²) in [6.45, 7) is -0.0543. The van der Waals surface area contributed by atoms with Crippen molar-refractivity contribution in [3.05, 3.63) is 69.2 Å². The fourth-order valence-corrected chi connectivity index (χ4v) is 2.19. The highest BCUT2D eigenvalue weighted by Gasteiger charge is 2.16. The van der Waals surface area contributed by atoms with Crippen LogP contribution in [0.4, 0.5) is 5.69 Å². The first kappa shape index (κ1) is 15.0. The van der Waals surface area contributed by atoms with Gasteiger partial charge in [0.25, 0.3) is 5.69 Å². The third-order valence-electron chi connectivity index (χ3n) is 3.06. The van der Waals surface area contributed by atoms with E-state index in [0.717, 1.165) is 0 Å². The molecule has 3 aromatic rings. The average molecular weight is 332 g/mol. The maximum Gasteiger partial charge on any atom is 0.418 e. The number of hydrogen-bond acceptors (Lipinski definition) is 6. The zero-order valence-corrected chi connectivity index (χ0v) is 12.4. The van der Waals surface area contributed by atoms with E-state index in [-0.39, 0.29) is 24.2 Å². The van der Waals surface area contributed by atoms with Crippen molar-refractivity contribution in [2.75, 3.05) is 0 Å². The van der Waals surface area contributed by atoms with Crippen molar-refractivity contribution in [2.45, 2.75) is 6.61 Å². The molecule has 23 heavy (non-hydrogen) atoms. The number of para-hydroxylation sites is 1. The molecular weight excluding hydrogens is 322 g/mol. The molecule has 0 N–H and O–H groups in total. The van der Waals surface area contributed by atoms with Gasteiger partial charge in [-0.2, -0.15) is 4.98 Å². The first-order valence-electron chi connectivity index (χ1n) is 6.59. The molecule has 0 amide bonds. The molecule has 0 saturated carbocycles. The number of ether oxygens (including phenoxy) is 1. The van der Waals surface area contributed by atoms with Crippen LogP contribution in [-0.2, 0) is 6.61 Å². The minimum absolute atomic E-state index is 0.0293. The summed E-state index contributed by atoms with van der Waals surface area (Å²) in [6.07, 6.45) is -0.0851. The van der Waals surface area contributed by atoms with Gasteiger partial charge in [0.1, 0.15) is 6.61 Å². The fourth-order valence-electron chi connectivity index (χ4n) is 1.97. The van der Waals surface area contributed by atoms with Gasteiger partial charge in [0.05, 0.1) is 15.5 Å². The third-order valence-corrected chi connectivity index (χ3v) is 3.39. The Morgan fingerprint density at radius 1 is 1.17 bits per heavy atom. The Labute approximate surface area is 135 Å². The van der Waals surface area contributed by atoms with Crippen molar-refractivity contribution >= 4 is 17.3 Å². The molecule has 0 spiro atoms. The molecular formula is C15H10ClN3O4. The molecule has 0 unspecified atom stereocenters. The van der Waals surface area contributed by atoms with Crippen LogP contribution in [0.15, 0.2) is 53.1 Å². The SMILES string of the molecule is O=[N+]([O-])c1ccccc1COc1nc(-c2ccccc2Cl)no1. The molecule has 1 aromatic heterocycles. The number of hydrogen-bond donors (Lipinski definition) is 0. The summed E-state index contributed by atoms with van der Waals surface area (Å²) < 4.78 is 10.3. The number of halogens is 1. The Morgan fingerprint density at radius 3 is 2.70 bits per heavy atom. The predicted octanol–water partition coefficient (Wildman–Crippen LogP) is 3.88. The smallest absolute Gasteiger partial charge is 0.418 e. The van der Waals surface area contributed by atoms with E-state index in [1.807, 2.05) is 0 Å². The second kappa shape index (κ2) is 6.45. The van der Waals surface area contributed by atoms with Crippen LogP contribution in [0.3, 0.4) is 0 Å². The number of nitrogens with zero attached hydrogens (tertiary/aromatic N) is 3. The van der Waals surface area contributed by atoms with Crippen molar-refractivity contribution in [2.24, 2.45) is 0 Å². The number of benzene rings is 2. The standard InChI is InChI=1S/C15H10ClN3O4/c16-12-7-3-2-6-11(12)14-17-15(23-18-14)22-9-10-5-1-4-8-13(10)19(20)21/h1-8H,9H2. The van der Waals surface area contributed by atoms with Crippen molar-refractivity contribution in [3.8, 4) is 17.5 Å². The van der Waals surface area contributed by atoms with Gasteiger partial charge >= 0.3 is 6.08 Å². The Bertz CT molecular complexity index is 850. The Balaban J connectivity index is 1.76. The molecule has 0 bridgehead atoms. The molecule has 8 heteroatoms. The quantitative estimate of drug-likeness (QED) is 0.520. The van der Waals surface area contributed by atoms with Gasteiger partial charge in [-0.25, -0.2) is 0 Å². The van der Waals surface area contributed by atoms with Gasteiger partial charge in [0.15, 0.2) is 0 Å². The summed E-state index contributed by atoms with van der Waals surface area (Å²) in [4.78, 5) is 14.5. The molecule has 0 atom stereocenters. The van der Waals surface area contributed by atoms with Crippen LogP contribution in [0.25, 0.3) is 11.4 Å². The lowest BCUT2D eigenvalue weighted by Crippen LogP contribution is -2.00. The van der Waals surface area contributed by atoms with Gasteiger partial charge in [0.2, 0.25) is 5.82 Å². The fraction of sp³-hybridized carbons (Fsp3) is 0.0667. The van der Waals surface area contributed by atoms with E-state index in [9.17, 15) is 10.1 Å². The molecule has 0 radical (unpaired) electrons. The molecule has 0 fully saturated rings. The molecule has 1 heterocycles. The summed E-state index contributed by atoms with van der Waals surface area (Å²) in [5.41, 5.74) is 0.992. The Hall–Kier alpha value is -2.93. The van der Waals surface area contributed by atoms with Crippen molar-refractivity contribution in [3.63, 3.8) is 0 Å². The summed E-state index contributed by atoms with van der Waals surface area (Å²) in [5.74, 6) is 0.285. The highest BCUT2D eigenvalue weighted by atomic mass is 35.5. The maximum atomic E-state index is 10.9. The number of aromatic nitrogens is 2. The summed E-state index contributed by atoms with van der Waals surface area (Å²) in [5, 5.41) is 15.2. The molecule has 2 aromatic carbocycles. The topological polar surface area (TPSA) is 91.3 Å². The van der Waals surface area contributed by atoms with Crippen LogP contribution in [0, 0.1) is 10.1 Å². The molecule has 3 rings (SSSR count). The van der Waals surface area contributed by atoms with Gasteiger partial charge in [-0.15, -0.1) is 0 Å². The van der Waals surface area contributed by atoms with Gasteiger partial charge in [-0.05, 0) is 18.2 Å². The van der Waals surface area contributed by atoms with E-state index in [2.05, 4.69) is 10.1 Å². The second-order valence-corrected chi connectivity index (χ2v) is 4.95. The monoisotopic (exact) mass is 331 g/mol. The minimum atomic E-state index is -0.471. The lowest BCUT2D eigenvalue weighted by atomic mass is 10.2. The lowest BCUT2D eigenvalue weighted by Gasteiger charge is -2.02. The van der Waals surface area contributed by atoms with E-state index in [0.29, 0.717) is 16.1 Å². The maximum absolute atomic E-state index is 10.9. The van der Waals surface area contributed by atoms with Crippen molar-refractivity contribution < 1.29 is 14.2 Å². The first-order valence-corrected chi connectivity index (χ1v) is 6.96. The van der Waals surface area contributed by atoms with E-state index in [1.165, 1.54) is 6.07 Å². The molecule has 0 aliphatic heterocycles. The normalized spacial score (nSPS) is 10.5. The van der Waals surface area contributed by atoms with Crippen LogP contribution in [-0.4, -0.2) is 15.1 Å². The minimum Gasteiger partial charge on any atom is -0.444 e. The van der Waals surface area contributed by atoms with Crippen molar-refractivity contribution in [1.82, 2.24) is 10.1 Å². The first-order chi connectivity index (χ1) is 11.1. The predicted molar refractivity (Wildman–Crippen MR) is 82.2 cm³/mol. The zero-order chi connectivity index (χ0) is 16.2. The van der Waals surface area contributed by atoms with Crippen LogP contribution in [0.1, 0.15) is 5.56 Å². The molecule has 7 nitrogen and oxygen atoms in total.